The molecule has 2 bridgehead atoms. The van der Waals surface area contributed by atoms with Crippen LogP contribution in [-0.2, 0) is 0 Å². The molecule has 1 aliphatic carbocycles. The molecule has 9 heteroatoms. The Morgan fingerprint density at radius 3 is 2.76 bits per heavy atom. The molecule has 3 atom stereocenters. The van der Waals surface area contributed by atoms with Gasteiger partial charge in [0.05, 0.1) is 10.6 Å². The van der Waals surface area contributed by atoms with Gasteiger partial charge in [-0.05, 0) is 43.3 Å². The maximum atomic E-state index is 14.1. The number of anilines is 1. The molecule has 0 radical (unpaired) electrons. The lowest BCUT2D eigenvalue weighted by Crippen LogP contribution is -2.58. The highest BCUT2D eigenvalue weighted by atomic mass is 32.2. The Labute approximate surface area is 146 Å². The molecule has 4 nitrogen and oxygen atoms in total. The normalized spacial score (nSPS) is 31.0. The van der Waals surface area contributed by atoms with Gasteiger partial charge in [-0.25, -0.2) is 9.38 Å². The van der Waals surface area contributed by atoms with Crippen molar-refractivity contribution in [3.8, 4) is 0 Å². The van der Waals surface area contributed by atoms with Crippen LogP contribution in [0.2, 0.25) is 0 Å². The van der Waals surface area contributed by atoms with Gasteiger partial charge in [0.1, 0.15) is 23.4 Å². The third kappa shape index (κ3) is 2.51. The summed E-state index contributed by atoms with van der Waals surface area (Å²) in [5, 5.41) is 2.94. The molecular formula is C16H16F4N4S. The fourth-order valence-corrected chi connectivity index (χ4v) is 4.93. The Hall–Kier alpha value is -1.48. The molecule has 0 amide bonds. The molecule has 3 heterocycles. The van der Waals surface area contributed by atoms with Crippen LogP contribution in [0.15, 0.2) is 22.0 Å². The number of rotatable bonds is 2. The molecule has 1 aromatic carbocycles. The highest BCUT2D eigenvalue weighted by Gasteiger charge is 2.58. The van der Waals surface area contributed by atoms with E-state index < -0.39 is 24.1 Å². The minimum Gasteiger partial charge on any atom is -0.352 e. The first-order valence-electron chi connectivity index (χ1n) is 8.35. The lowest BCUT2D eigenvalue weighted by molar-refractivity contribution is -0.152. The van der Waals surface area contributed by atoms with Crippen molar-refractivity contribution in [2.75, 3.05) is 11.4 Å². The average molecular weight is 372 g/mol. The van der Waals surface area contributed by atoms with Crippen LogP contribution in [-0.4, -0.2) is 36.7 Å². The van der Waals surface area contributed by atoms with Crippen molar-refractivity contribution in [1.29, 1.82) is 0 Å². The number of hydrogen-bond donors (Lipinski definition) is 2. The second-order valence-electron chi connectivity index (χ2n) is 7.05. The van der Waals surface area contributed by atoms with Gasteiger partial charge < -0.3 is 14.9 Å². The van der Waals surface area contributed by atoms with Gasteiger partial charge in [0.25, 0.3) is 0 Å². The van der Waals surface area contributed by atoms with E-state index in [0.29, 0.717) is 29.5 Å². The lowest BCUT2D eigenvalue weighted by Gasteiger charge is -2.39. The van der Waals surface area contributed by atoms with Crippen LogP contribution in [0, 0.1) is 11.7 Å². The molecule has 0 spiro atoms. The summed E-state index contributed by atoms with van der Waals surface area (Å²) in [5.41, 5.74) is 0.729. The van der Waals surface area contributed by atoms with Crippen LogP contribution in [0.3, 0.4) is 0 Å². The number of nitrogens with zero attached hydrogens (tertiary/aromatic N) is 2. The maximum absolute atomic E-state index is 14.1. The minimum absolute atomic E-state index is 0.262. The Kier molecular flexibility index (Phi) is 3.31. The molecule has 4 aliphatic rings. The van der Waals surface area contributed by atoms with E-state index in [1.807, 2.05) is 0 Å². The number of nitrogens with one attached hydrogen (secondary N) is 2. The predicted molar refractivity (Wildman–Crippen MR) is 87.7 cm³/mol. The van der Waals surface area contributed by atoms with Crippen molar-refractivity contribution in [2.45, 2.75) is 48.5 Å². The number of alkyl halides is 3. The molecule has 0 unspecified atom stereocenters. The molecule has 2 saturated heterocycles. The molecule has 25 heavy (non-hydrogen) atoms. The summed E-state index contributed by atoms with van der Waals surface area (Å²) < 4.78 is 58.3. The molecule has 3 aliphatic heterocycles. The van der Waals surface area contributed by atoms with Crippen LogP contribution in [0.1, 0.15) is 19.3 Å². The summed E-state index contributed by atoms with van der Waals surface area (Å²) >= 11 is 1.24. The van der Waals surface area contributed by atoms with E-state index in [1.54, 1.807) is 0 Å². The highest BCUT2D eigenvalue weighted by molar-refractivity contribution is 7.98. The summed E-state index contributed by atoms with van der Waals surface area (Å²) in [6.45, 7) is 0.479. The van der Waals surface area contributed by atoms with Gasteiger partial charge in [0.15, 0.2) is 0 Å². The SMILES string of the molecule is Fc1cc2c(c(N3[C@H]4CN[C@H](C4)[C@@H]3C(F)(F)F)c1)N=C(C1CC1)NS2. The second kappa shape index (κ2) is 5.26. The number of aliphatic imine (C=N–C) groups is 1. The molecule has 5 rings (SSSR count). The number of fused-ring (bicyclic) bond motifs is 3. The first-order chi connectivity index (χ1) is 11.9. The molecule has 134 valence electrons. The van der Waals surface area contributed by atoms with Gasteiger partial charge in [-0.15, -0.1) is 0 Å². The van der Waals surface area contributed by atoms with Crippen LogP contribution >= 0.6 is 11.9 Å². The van der Waals surface area contributed by atoms with Crippen molar-refractivity contribution < 1.29 is 17.6 Å². The van der Waals surface area contributed by atoms with E-state index in [2.05, 4.69) is 15.0 Å². The highest BCUT2D eigenvalue weighted by Crippen LogP contribution is 2.49. The van der Waals surface area contributed by atoms with E-state index in [1.165, 1.54) is 29.0 Å². The van der Waals surface area contributed by atoms with Crippen LogP contribution < -0.4 is 14.9 Å². The quantitative estimate of drug-likeness (QED) is 0.617. The standard InChI is InChI=1S/C16H16F4N4S/c17-8-3-11(13-12(4-8)25-23-15(22-13)7-1-2-7)24-9-5-10(21-6-9)14(24)16(18,19)20/h3-4,7,9-10,14,21H,1-2,5-6H2,(H,22,23)/t9-,10-,14-/m1/s1. The molecule has 1 saturated carbocycles. The number of hydrogen-bond acceptors (Lipinski definition) is 5. The monoisotopic (exact) mass is 372 g/mol. The zero-order valence-corrected chi connectivity index (χ0v) is 13.9. The van der Waals surface area contributed by atoms with Crippen molar-refractivity contribution in [3.63, 3.8) is 0 Å². The maximum Gasteiger partial charge on any atom is 0.410 e. The summed E-state index contributed by atoms with van der Waals surface area (Å²) in [6, 6.07) is -0.0411. The topological polar surface area (TPSA) is 39.7 Å². The number of halogens is 4. The average Bonchev–Trinajstić information content (AvgIpc) is 3.20. The van der Waals surface area contributed by atoms with E-state index in [-0.39, 0.29) is 11.7 Å². The smallest absolute Gasteiger partial charge is 0.352 e. The fourth-order valence-electron chi connectivity index (χ4n) is 4.08. The van der Waals surface area contributed by atoms with Crippen LogP contribution in [0.25, 0.3) is 0 Å². The lowest BCUT2D eigenvalue weighted by atomic mass is 10.1. The van der Waals surface area contributed by atoms with Crippen molar-refractivity contribution in [1.82, 2.24) is 10.0 Å². The van der Waals surface area contributed by atoms with E-state index >= 15 is 0 Å². The molecule has 0 aromatic heterocycles. The van der Waals surface area contributed by atoms with Gasteiger partial charge in [-0.1, -0.05) is 0 Å². The van der Waals surface area contributed by atoms with Crippen LogP contribution in [0.4, 0.5) is 28.9 Å². The molecule has 1 aromatic rings. The third-order valence-corrected chi connectivity index (χ3v) is 6.15. The second-order valence-corrected chi connectivity index (χ2v) is 7.89. The Morgan fingerprint density at radius 1 is 1.24 bits per heavy atom. The third-order valence-electron chi connectivity index (χ3n) is 5.31. The minimum atomic E-state index is -4.38. The first kappa shape index (κ1) is 15.7. The van der Waals surface area contributed by atoms with E-state index in [9.17, 15) is 17.6 Å². The Bertz CT molecular complexity index is 761. The summed E-state index contributed by atoms with van der Waals surface area (Å²) in [6.07, 6.45) is -1.90. The van der Waals surface area contributed by atoms with Gasteiger partial charge in [0, 0.05) is 24.5 Å². The summed E-state index contributed by atoms with van der Waals surface area (Å²) in [4.78, 5) is 6.47. The Morgan fingerprint density at radius 2 is 2.04 bits per heavy atom. The zero-order chi connectivity index (χ0) is 17.3. The van der Waals surface area contributed by atoms with E-state index in [0.717, 1.165) is 18.7 Å². The molecule has 2 N–H and O–H groups in total. The summed E-state index contributed by atoms with van der Waals surface area (Å²) in [5.74, 6) is 0.592. The number of benzene rings is 1. The Balaban J connectivity index is 1.63. The number of piperazine rings is 1. The first-order valence-corrected chi connectivity index (χ1v) is 9.17. The fraction of sp³-hybridized carbons (Fsp3) is 0.562. The number of amidine groups is 1. The van der Waals surface area contributed by atoms with Crippen molar-refractivity contribution >= 4 is 29.2 Å². The van der Waals surface area contributed by atoms with Crippen molar-refractivity contribution in [3.05, 3.63) is 17.9 Å². The predicted octanol–water partition coefficient (Wildman–Crippen LogP) is 3.36. The van der Waals surface area contributed by atoms with Gasteiger partial charge in [-0.3, -0.25) is 0 Å². The van der Waals surface area contributed by atoms with Crippen molar-refractivity contribution in [2.24, 2.45) is 10.9 Å². The van der Waals surface area contributed by atoms with Gasteiger partial charge in [0.2, 0.25) is 0 Å². The summed E-state index contributed by atoms with van der Waals surface area (Å²) in [7, 11) is 0. The molecule has 3 fully saturated rings. The largest absolute Gasteiger partial charge is 0.410 e. The van der Waals surface area contributed by atoms with E-state index in [4.69, 9.17) is 0 Å². The van der Waals surface area contributed by atoms with Gasteiger partial charge in [-0.2, -0.15) is 13.2 Å². The molecular weight excluding hydrogens is 356 g/mol. The van der Waals surface area contributed by atoms with Crippen LogP contribution in [0.5, 0.6) is 0 Å². The van der Waals surface area contributed by atoms with Gasteiger partial charge >= 0.3 is 6.18 Å². The zero-order valence-electron chi connectivity index (χ0n) is 13.1.